The van der Waals surface area contributed by atoms with Crippen LogP contribution in [0.1, 0.15) is 42.4 Å². The van der Waals surface area contributed by atoms with E-state index < -0.39 is 0 Å². The molecule has 0 aliphatic carbocycles. The molecule has 0 saturated heterocycles. The van der Waals surface area contributed by atoms with Crippen LogP contribution in [0.15, 0.2) is 42.5 Å². The Morgan fingerprint density at radius 1 is 1.29 bits per heavy atom. The topological polar surface area (TPSA) is 70.1 Å². The lowest BCUT2D eigenvalue weighted by atomic mass is 9.90. The molecule has 4 heteroatoms. The Kier molecular flexibility index (Phi) is 4.52. The largest absolute Gasteiger partial charge is 0.397 e. The number of fused-ring (bicyclic) bond motifs is 1. The van der Waals surface area contributed by atoms with Crippen LogP contribution in [0.2, 0.25) is 0 Å². The van der Waals surface area contributed by atoms with Gasteiger partial charge in [-0.1, -0.05) is 31.2 Å². The van der Waals surface area contributed by atoms with Gasteiger partial charge >= 0.3 is 0 Å². The first-order valence-electron chi connectivity index (χ1n) is 8.28. The minimum Gasteiger partial charge on any atom is -0.397 e. The minimum absolute atomic E-state index is 0.102. The quantitative estimate of drug-likeness (QED) is 0.879. The molecule has 0 radical (unpaired) electrons. The Morgan fingerprint density at radius 3 is 2.75 bits per heavy atom. The van der Waals surface area contributed by atoms with E-state index in [1.54, 1.807) is 12.1 Å². The first-order valence-corrected chi connectivity index (χ1v) is 8.28. The van der Waals surface area contributed by atoms with E-state index in [1.807, 2.05) is 29.2 Å². The van der Waals surface area contributed by atoms with E-state index >= 15 is 0 Å². The maximum Gasteiger partial charge on any atom is 0.227 e. The number of carbonyl (C=O) groups is 1. The molecule has 0 saturated carbocycles. The van der Waals surface area contributed by atoms with Gasteiger partial charge in [-0.25, -0.2) is 0 Å². The number of anilines is 2. The SMILES string of the molecule is CC1CCN(C(=O)CCc2ccc(C#N)cc2)c2c(N)cccc21. The van der Waals surface area contributed by atoms with Crippen LogP contribution < -0.4 is 10.6 Å². The normalized spacial score (nSPS) is 16.3. The third-order valence-electron chi connectivity index (χ3n) is 4.70. The highest BCUT2D eigenvalue weighted by molar-refractivity contribution is 5.98. The van der Waals surface area contributed by atoms with Gasteiger partial charge in [0.05, 0.1) is 23.0 Å². The lowest BCUT2D eigenvalue weighted by molar-refractivity contribution is -0.118. The van der Waals surface area contributed by atoms with Crippen LogP contribution in [0.5, 0.6) is 0 Å². The van der Waals surface area contributed by atoms with E-state index in [1.165, 1.54) is 0 Å². The van der Waals surface area contributed by atoms with E-state index in [4.69, 9.17) is 11.0 Å². The van der Waals surface area contributed by atoms with Gasteiger partial charge in [-0.15, -0.1) is 0 Å². The van der Waals surface area contributed by atoms with Crippen LogP contribution in [0.25, 0.3) is 0 Å². The summed E-state index contributed by atoms with van der Waals surface area (Å²) in [6.45, 7) is 2.89. The molecule has 1 amide bonds. The van der Waals surface area contributed by atoms with Gasteiger partial charge in [0.1, 0.15) is 0 Å². The fourth-order valence-electron chi connectivity index (χ4n) is 3.26. The standard InChI is InChI=1S/C20H21N3O/c1-14-11-12-23(20-17(14)3-2-4-18(20)22)19(24)10-9-15-5-7-16(13-21)8-6-15/h2-8,14H,9-12,22H2,1H3. The number of hydrogen-bond acceptors (Lipinski definition) is 3. The summed E-state index contributed by atoms with van der Waals surface area (Å²) in [5.41, 5.74) is 10.6. The van der Waals surface area contributed by atoms with E-state index in [-0.39, 0.29) is 5.91 Å². The summed E-state index contributed by atoms with van der Waals surface area (Å²) in [6.07, 6.45) is 2.06. The number of rotatable bonds is 3. The molecule has 2 N–H and O–H groups in total. The van der Waals surface area contributed by atoms with Crippen LogP contribution >= 0.6 is 0 Å². The maximum atomic E-state index is 12.7. The zero-order valence-corrected chi connectivity index (χ0v) is 13.8. The van der Waals surface area contributed by atoms with Crippen molar-refractivity contribution in [3.63, 3.8) is 0 Å². The van der Waals surface area contributed by atoms with Crippen molar-refractivity contribution in [2.75, 3.05) is 17.2 Å². The average Bonchev–Trinajstić information content (AvgIpc) is 2.61. The molecule has 1 atom stereocenters. The third kappa shape index (κ3) is 3.11. The molecular weight excluding hydrogens is 298 g/mol. The molecule has 24 heavy (non-hydrogen) atoms. The maximum absolute atomic E-state index is 12.7. The number of nitrogens with two attached hydrogens (primary N) is 1. The number of para-hydroxylation sites is 1. The van der Waals surface area contributed by atoms with Crippen molar-refractivity contribution in [2.45, 2.75) is 32.1 Å². The second-order valence-corrected chi connectivity index (χ2v) is 6.33. The number of benzene rings is 2. The smallest absolute Gasteiger partial charge is 0.227 e. The number of hydrogen-bond donors (Lipinski definition) is 1. The average molecular weight is 319 g/mol. The Labute approximate surface area is 142 Å². The fraction of sp³-hybridized carbons (Fsp3) is 0.300. The molecule has 0 bridgehead atoms. The predicted molar refractivity (Wildman–Crippen MR) is 95.7 cm³/mol. The van der Waals surface area contributed by atoms with Crippen molar-refractivity contribution < 1.29 is 4.79 Å². The van der Waals surface area contributed by atoms with E-state index in [0.29, 0.717) is 36.6 Å². The van der Waals surface area contributed by atoms with Gasteiger partial charge in [-0.05, 0) is 48.1 Å². The van der Waals surface area contributed by atoms with Crippen molar-refractivity contribution in [2.24, 2.45) is 0 Å². The zero-order valence-electron chi connectivity index (χ0n) is 13.8. The molecule has 0 fully saturated rings. The molecular formula is C20H21N3O. The Balaban J connectivity index is 1.74. The third-order valence-corrected chi connectivity index (χ3v) is 4.70. The number of nitrogens with zero attached hydrogens (tertiary/aromatic N) is 2. The van der Waals surface area contributed by atoms with Crippen molar-refractivity contribution in [3.8, 4) is 6.07 Å². The monoisotopic (exact) mass is 319 g/mol. The second-order valence-electron chi connectivity index (χ2n) is 6.33. The number of aryl methyl sites for hydroxylation is 1. The Morgan fingerprint density at radius 2 is 2.04 bits per heavy atom. The van der Waals surface area contributed by atoms with Gasteiger partial charge in [0, 0.05) is 13.0 Å². The van der Waals surface area contributed by atoms with Crippen molar-refractivity contribution in [1.82, 2.24) is 0 Å². The van der Waals surface area contributed by atoms with E-state index in [0.717, 1.165) is 23.2 Å². The van der Waals surface area contributed by atoms with Gasteiger partial charge in [0.25, 0.3) is 0 Å². The van der Waals surface area contributed by atoms with Gasteiger partial charge in [0.15, 0.2) is 0 Å². The summed E-state index contributed by atoms with van der Waals surface area (Å²) in [7, 11) is 0. The van der Waals surface area contributed by atoms with Gasteiger partial charge in [-0.3, -0.25) is 4.79 Å². The first kappa shape index (κ1) is 16.1. The minimum atomic E-state index is 0.102. The molecule has 3 rings (SSSR count). The molecule has 2 aromatic carbocycles. The molecule has 1 heterocycles. The number of amides is 1. The van der Waals surface area contributed by atoms with Gasteiger partial charge < -0.3 is 10.6 Å². The summed E-state index contributed by atoms with van der Waals surface area (Å²) in [4.78, 5) is 14.6. The number of nitrogen functional groups attached to an aromatic ring is 1. The summed E-state index contributed by atoms with van der Waals surface area (Å²) < 4.78 is 0. The molecule has 4 nitrogen and oxygen atoms in total. The van der Waals surface area contributed by atoms with E-state index in [2.05, 4.69) is 19.1 Å². The summed E-state index contributed by atoms with van der Waals surface area (Å²) >= 11 is 0. The zero-order chi connectivity index (χ0) is 17.1. The van der Waals surface area contributed by atoms with Crippen molar-refractivity contribution in [1.29, 1.82) is 5.26 Å². The molecule has 122 valence electrons. The fourth-order valence-corrected chi connectivity index (χ4v) is 3.26. The lowest BCUT2D eigenvalue weighted by Gasteiger charge is -2.34. The predicted octanol–water partition coefficient (Wildman–Crippen LogP) is 3.61. The van der Waals surface area contributed by atoms with Crippen LogP contribution in [0.4, 0.5) is 11.4 Å². The first-order chi connectivity index (χ1) is 11.6. The van der Waals surface area contributed by atoms with Crippen LogP contribution in [0, 0.1) is 11.3 Å². The lowest BCUT2D eigenvalue weighted by Crippen LogP contribution is -2.37. The summed E-state index contributed by atoms with van der Waals surface area (Å²) in [6, 6.07) is 15.4. The summed E-state index contributed by atoms with van der Waals surface area (Å²) in [5.74, 6) is 0.525. The highest BCUT2D eigenvalue weighted by Crippen LogP contribution is 2.39. The van der Waals surface area contributed by atoms with Crippen molar-refractivity contribution >= 4 is 17.3 Å². The number of nitriles is 1. The Bertz CT molecular complexity index is 790. The van der Waals surface area contributed by atoms with E-state index in [9.17, 15) is 4.79 Å². The molecule has 1 unspecified atom stereocenters. The van der Waals surface area contributed by atoms with Crippen molar-refractivity contribution in [3.05, 3.63) is 59.2 Å². The van der Waals surface area contributed by atoms with Crippen LogP contribution in [0.3, 0.4) is 0 Å². The number of carbonyl (C=O) groups excluding carboxylic acids is 1. The highest BCUT2D eigenvalue weighted by Gasteiger charge is 2.27. The van der Waals surface area contributed by atoms with Crippen LogP contribution in [-0.2, 0) is 11.2 Å². The molecule has 1 aliphatic rings. The molecule has 1 aliphatic heterocycles. The van der Waals surface area contributed by atoms with Gasteiger partial charge in [-0.2, -0.15) is 5.26 Å². The molecule has 2 aromatic rings. The van der Waals surface area contributed by atoms with Crippen LogP contribution in [-0.4, -0.2) is 12.5 Å². The van der Waals surface area contributed by atoms with Gasteiger partial charge in [0.2, 0.25) is 5.91 Å². The molecule has 0 spiro atoms. The summed E-state index contributed by atoms with van der Waals surface area (Å²) in [5, 5.41) is 8.83. The highest BCUT2D eigenvalue weighted by atomic mass is 16.2. The second kappa shape index (κ2) is 6.76. The Hall–Kier alpha value is -2.80. The molecule has 0 aromatic heterocycles.